The summed E-state index contributed by atoms with van der Waals surface area (Å²) in [6.07, 6.45) is 6.47. The lowest BCUT2D eigenvalue weighted by Gasteiger charge is -2.23. The molecule has 1 aliphatic heterocycles. The highest BCUT2D eigenvalue weighted by Gasteiger charge is 2.22. The first-order valence-electron chi connectivity index (χ1n) is 7.02. The Kier molecular flexibility index (Phi) is 3.16. The van der Waals surface area contributed by atoms with E-state index in [2.05, 4.69) is 4.98 Å². The number of nitrogens with zero attached hydrogens (tertiary/aromatic N) is 3. The number of pyridine rings is 1. The zero-order chi connectivity index (χ0) is 14.2. The van der Waals surface area contributed by atoms with Crippen LogP contribution in [-0.4, -0.2) is 21.4 Å². The van der Waals surface area contributed by atoms with Gasteiger partial charge in [0.15, 0.2) is 6.23 Å². The second kappa shape index (κ2) is 5.16. The number of hydrogen-bond acceptors (Lipinski definition) is 4. The van der Waals surface area contributed by atoms with E-state index in [-0.39, 0.29) is 6.23 Å². The van der Waals surface area contributed by atoms with Crippen LogP contribution in [-0.2, 0) is 4.74 Å². The van der Waals surface area contributed by atoms with Gasteiger partial charge in [0.1, 0.15) is 16.4 Å². The van der Waals surface area contributed by atoms with E-state index in [1.54, 1.807) is 18.6 Å². The Balaban J connectivity index is 1.91. The van der Waals surface area contributed by atoms with Crippen molar-refractivity contribution in [2.24, 2.45) is 0 Å². The molecule has 1 aliphatic rings. The molecular formula is C15H14ClN3O2. The van der Waals surface area contributed by atoms with Crippen molar-refractivity contribution in [2.75, 3.05) is 6.61 Å². The second-order valence-electron chi connectivity index (χ2n) is 5.13. The largest absolute Gasteiger partial charge is 0.472 e. The molecule has 0 bridgehead atoms. The predicted molar refractivity (Wildman–Crippen MR) is 79.1 cm³/mol. The van der Waals surface area contributed by atoms with Crippen molar-refractivity contribution in [3.8, 4) is 11.3 Å². The fourth-order valence-corrected chi connectivity index (χ4v) is 2.87. The van der Waals surface area contributed by atoms with Gasteiger partial charge in [-0.3, -0.25) is 0 Å². The lowest BCUT2D eigenvalue weighted by molar-refractivity contribution is -0.0365. The summed E-state index contributed by atoms with van der Waals surface area (Å²) >= 11 is 6.04. The van der Waals surface area contributed by atoms with E-state index >= 15 is 0 Å². The Hall–Kier alpha value is -1.85. The minimum Gasteiger partial charge on any atom is -0.472 e. The summed E-state index contributed by atoms with van der Waals surface area (Å²) in [6, 6.07) is 5.60. The molecule has 4 heterocycles. The molecule has 4 rings (SSSR count). The molecule has 21 heavy (non-hydrogen) atoms. The van der Waals surface area contributed by atoms with Gasteiger partial charge in [0.05, 0.1) is 18.0 Å². The normalized spacial score (nSPS) is 19.2. The van der Waals surface area contributed by atoms with Gasteiger partial charge in [0.25, 0.3) is 0 Å². The molecule has 5 nitrogen and oxygen atoms in total. The molecule has 0 aromatic carbocycles. The van der Waals surface area contributed by atoms with Crippen LogP contribution in [0.2, 0.25) is 5.15 Å². The Morgan fingerprint density at radius 2 is 2.19 bits per heavy atom. The topological polar surface area (TPSA) is 53.1 Å². The number of aromatic nitrogens is 3. The van der Waals surface area contributed by atoms with E-state index < -0.39 is 0 Å². The van der Waals surface area contributed by atoms with E-state index in [1.807, 2.05) is 16.8 Å². The van der Waals surface area contributed by atoms with Crippen LogP contribution in [0.1, 0.15) is 25.5 Å². The Morgan fingerprint density at radius 3 is 2.95 bits per heavy atom. The van der Waals surface area contributed by atoms with Gasteiger partial charge >= 0.3 is 0 Å². The molecule has 0 aliphatic carbocycles. The summed E-state index contributed by atoms with van der Waals surface area (Å²) in [5, 5.41) is 5.16. The highest BCUT2D eigenvalue weighted by molar-refractivity contribution is 6.29. The van der Waals surface area contributed by atoms with Gasteiger partial charge in [-0.15, -0.1) is 0 Å². The molecule has 6 heteroatoms. The van der Waals surface area contributed by atoms with Gasteiger partial charge in [0, 0.05) is 12.2 Å². The molecule has 1 unspecified atom stereocenters. The Bertz CT molecular complexity index is 761. The average molecular weight is 304 g/mol. The van der Waals surface area contributed by atoms with E-state index in [4.69, 9.17) is 25.9 Å². The first kappa shape index (κ1) is 12.9. The molecule has 0 saturated carbocycles. The van der Waals surface area contributed by atoms with Crippen LogP contribution in [0.4, 0.5) is 0 Å². The third kappa shape index (κ3) is 2.22. The van der Waals surface area contributed by atoms with Gasteiger partial charge in [-0.25, -0.2) is 9.67 Å². The molecule has 108 valence electrons. The first-order chi connectivity index (χ1) is 10.3. The molecular weight excluding hydrogens is 290 g/mol. The number of rotatable bonds is 2. The third-order valence-corrected chi connectivity index (χ3v) is 3.95. The van der Waals surface area contributed by atoms with Gasteiger partial charge < -0.3 is 9.15 Å². The number of hydrogen-bond donors (Lipinski definition) is 0. The van der Waals surface area contributed by atoms with Crippen LogP contribution < -0.4 is 0 Å². The minimum absolute atomic E-state index is 0.0372. The SMILES string of the molecule is Clc1ccc2c(n1)c(-c1ccoc1)nn2C1CCCCO1. The zero-order valence-corrected chi connectivity index (χ0v) is 12.1. The molecule has 1 atom stereocenters. The van der Waals surface area contributed by atoms with Crippen molar-refractivity contribution in [3.05, 3.63) is 35.9 Å². The maximum atomic E-state index is 6.04. The zero-order valence-electron chi connectivity index (χ0n) is 11.3. The predicted octanol–water partition coefficient (Wildman–Crippen LogP) is 4.04. The lowest BCUT2D eigenvalue weighted by Crippen LogP contribution is -2.19. The second-order valence-corrected chi connectivity index (χ2v) is 5.52. The van der Waals surface area contributed by atoms with Gasteiger partial charge in [-0.1, -0.05) is 11.6 Å². The first-order valence-corrected chi connectivity index (χ1v) is 7.39. The van der Waals surface area contributed by atoms with E-state index in [1.165, 1.54) is 0 Å². The van der Waals surface area contributed by atoms with Crippen LogP contribution in [0.15, 0.2) is 35.1 Å². The van der Waals surface area contributed by atoms with Crippen molar-refractivity contribution >= 4 is 22.6 Å². The highest BCUT2D eigenvalue weighted by Crippen LogP contribution is 2.32. The molecule has 1 saturated heterocycles. The smallest absolute Gasteiger partial charge is 0.150 e. The fourth-order valence-electron chi connectivity index (χ4n) is 2.73. The molecule has 0 N–H and O–H groups in total. The van der Waals surface area contributed by atoms with Gasteiger partial charge in [0.2, 0.25) is 0 Å². The molecule has 3 aromatic rings. The molecule has 3 aromatic heterocycles. The van der Waals surface area contributed by atoms with Crippen LogP contribution >= 0.6 is 11.6 Å². The van der Waals surface area contributed by atoms with Crippen molar-refractivity contribution in [3.63, 3.8) is 0 Å². The van der Waals surface area contributed by atoms with Crippen molar-refractivity contribution in [1.29, 1.82) is 0 Å². The molecule has 0 amide bonds. The molecule has 0 radical (unpaired) electrons. The summed E-state index contributed by atoms with van der Waals surface area (Å²) in [7, 11) is 0. The van der Waals surface area contributed by atoms with Crippen molar-refractivity contribution in [2.45, 2.75) is 25.5 Å². The number of ether oxygens (including phenoxy) is 1. The van der Waals surface area contributed by atoms with Crippen LogP contribution in [0, 0.1) is 0 Å². The third-order valence-electron chi connectivity index (χ3n) is 3.74. The lowest BCUT2D eigenvalue weighted by atomic mass is 10.2. The van der Waals surface area contributed by atoms with Crippen molar-refractivity contribution in [1.82, 2.24) is 14.8 Å². The van der Waals surface area contributed by atoms with E-state index in [9.17, 15) is 0 Å². The van der Waals surface area contributed by atoms with Crippen LogP contribution in [0.5, 0.6) is 0 Å². The standard InChI is InChI=1S/C15H14ClN3O2/c16-12-5-4-11-15(17-12)14(10-6-8-20-9-10)18-19(11)13-3-1-2-7-21-13/h4-6,8-9,13H,1-3,7H2. The van der Waals surface area contributed by atoms with Gasteiger partial charge in [-0.2, -0.15) is 5.10 Å². The summed E-state index contributed by atoms with van der Waals surface area (Å²) < 4.78 is 12.9. The Morgan fingerprint density at radius 1 is 1.24 bits per heavy atom. The van der Waals surface area contributed by atoms with E-state index in [0.717, 1.165) is 48.2 Å². The summed E-state index contributed by atoms with van der Waals surface area (Å²) in [5.41, 5.74) is 3.38. The average Bonchev–Trinajstić information content (AvgIpc) is 3.14. The number of halogens is 1. The minimum atomic E-state index is -0.0372. The fraction of sp³-hybridized carbons (Fsp3) is 0.333. The summed E-state index contributed by atoms with van der Waals surface area (Å²) in [5.74, 6) is 0. The van der Waals surface area contributed by atoms with Gasteiger partial charge in [-0.05, 0) is 37.5 Å². The van der Waals surface area contributed by atoms with Crippen LogP contribution in [0.3, 0.4) is 0 Å². The maximum Gasteiger partial charge on any atom is 0.150 e. The number of furan rings is 1. The van der Waals surface area contributed by atoms with Crippen molar-refractivity contribution < 1.29 is 9.15 Å². The highest BCUT2D eigenvalue weighted by atomic mass is 35.5. The maximum absolute atomic E-state index is 6.04. The van der Waals surface area contributed by atoms with E-state index in [0.29, 0.717) is 5.15 Å². The number of fused-ring (bicyclic) bond motifs is 1. The van der Waals surface area contributed by atoms with Crippen LogP contribution in [0.25, 0.3) is 22.3 Å². The molecule has 1 fully saturated rings. The quantitative estimate of drug-likeness (QED) is 0.670. The monoisotopic (exact) mass is 303 g/mol. The summed E-state index contributed by atoms with van der Waals surface area (Å²) in [4.78, 5) is 4.43. The molecule has 0 spiro atoms. The Labute approximate surface area is 126 Å². The summed E-state index contributed by atoms with van der Waals surface area (Å²) in [6.45, 7) is 0.772.